The van der Waals surface area contributed by atoms with Crippen molar-refractivity contribution in [3.05, 3.63) is 11.6 Å². The van der Waals surface area contributed by atoms with E-state index in [1.54, 1.807) is 0 Å². The average molecular weight is 210 g/mol. The molecule has 1 aliphatic rings. The average Bonchev–Trinajstić information content (AvgIpc) is 2.75. The van der Waals surface area contributed by atoms with Gasteiger partial charge in [-0.25, -0.2) is 9.67 Å². The third-order valence-electron chi connectivity index (χ3n) is 2.80. The molecule has 0 aromatic carbocycles. The van der Waals surface area contributed by atoms with E-state index in [2.05, 4.69) is 10.1 Å². The Balaban J connectivity index is 1.95. The molecule has 2 atom stereocenters. The third kappa shape index (κ3) is 2.35. The minimum Gasteiger partial charge on any atom is -0.372 e. The lowest BCUT2D eigenvalue weighted by Gasteiger charge is -2.12. The zero-order valence-corrected chi connectivity index (χ0v) is 9.31. The Labute approximate surface area is 89.6 Å². The van der Waals surface area contributed by atoms with Gasteiger partial charge in [-0.05, 0) is 26.7 Å². The zero-order chi connectivity index (χ0) is 10.8. The maximum Gasteiger partial charge on any atom is 0.147 e. The fourth-order valence-corrected chi connectivity index (χ4v) is 2.01. The summed E-state index contributed by atoms with van der Waals surface area (Å²) < 4.78 is 7.68. The summed E-state index contributed by atoms with van der Waals surface area (Å²) in [5, 5.41) is 4.32. The zero-order valence-electron chi connectivity index (χ0n) is 9.31. The summed E-state index contributed by atoms with van der Waals surface area (Å²) in [6.45, 7) is 5.28. The largest absolute Gasteiger partial charge is 0.372 e. The van der Waals surface area contributed by atoms with Crippen LogP contribution in [0.2, 0.25) is 0 Å². The quantitative estimate of drug-likeness (QED) is 0.784. The van der Waals surface area contributed by atoms with Gasteiger partial charge in [0.1, 0.15) is 11.6 Å². The number of hydrogen-bond donors (Lipinski definition) is 1. The number of rotatable bonds is 3. The van der Waals surface area contributed by atoms with E-state index in [4.69, 9.17) is 10.5 Å². The molecule has 15 heavy (non-hydrogen) atoms. The van der Waals surface area contributed by atoms with Crippen LogP contribution in [0.3, 0.4) is 0 Å². The van der Waals surface area contributed by atoms with Crippen LogP contribution in [0.4, 0.5) is 0 Å². The molecule has 1 aliphatic heterocycles. The molecule has 2 unspecified atom stereocenters. The molecule has 0 bridgehead atoms. The van der Waals surface area contributed by atoms with Crippen molar-refractivity contribution in [3.63, 3.8) is 0 Å². The Kier molecular flexibility index (Phi) is 3.02. The second-order valence-electron chi connectivity index (χ2n) is 4.08. The summed E-state index contributed by atoms with van der Waals surface area (Å²) in [7, 11) is 0. The minimum absolute atomic E-state index is 0.236. The van der Waals surface area contributed by atoms with Crippen LogP contribution in [-0.4, -0.2) is 33.5 Å². The number of ether oxygens (including phenoxy) is 1. The lowest BCUT2D eigenvalue weighted by Crippen LogP contribution is -2.23. The summed E-state index contributed by atoms with van der Waals surface area (Å²) in [5.41, 5.74) is 5.56. The first-order valence-corrected chi connectivity index (χ1v) is 5.42. The van der Waals surface area contributed by atoms with Crippen LogP contribution >= 0.6 is 0 Å². The Bertz CT molecular complexity index is 336. The minimum atomic E-state index is 0.236. The predicted octanol–water partition coefficient (Wildman–Crippen LogP) is 0.401. The molecular formula is C10H18N4O. The molecule has 2 N–H and O–H groups in total. The highest BCUT2D eigenvalue weighted by molar-refractivity contribution is 4.88. The van der Waals surface area contributed by atoms with Gasteiger partial charge in [0.05, 0.1) is 18.8 Å². The smallest absolute Gasteiger partial charge is 0.147 e. The first-order chi connectivity index (χ1) is 7.19. The first kappa shape index (κ1) is 10.6. The monoisotopic (exact) mass is 210 g/mol. The van der Waals surface area contributed by atoms with Crippen molar-refractivity contribution in [2.24, 2.45) is 5.73 Å². The third-order valence-corrected chi connectivity index (χ3v) is 2.80. The van der Waals surface area contributed by atoms with E-state index in [0.29, 0.717) is 6.54 Å². The van der Waals surface area contributed by atoms with Gasteiger partial charge in [-0.3, -0.25) is 0 Å². The van der Waals surface area contributed by atoms with E-state index in [0.717, 1.165) is 31.0 Å². The molecule has 5 nitrogen and oxygen atoms in total. The highest BCUT2D eigenvalue weighted by Gasteiger charge is 2.25. The molecule has 0 radical (unpaired) electrons. The summed E-state index contributed by atoms with van der Waals surface area (Å²) in [6, 6.07) is 0. The molecule has 84 valence electrons. The second-order valence-corrected chi connectivity index (χ2v) is 4.08. The van der Waals surface area contributed by atoms with Gasteiger partial charge in [0.2, 0.25) is 0 Å². The van der Waals surface area contributed by atoms with E-state index in [9.17, 15) is 0 Å². The van der Waals surface area contributed by atoms with Gasteiger partial charge in [-0.2, -0.15) is 5.10 Å². The molecule has 0 saturated carbocycles. The number of hydrogen-bond acceptors (Lipinski definition) is 4. The summed E-state index contributed by atoms with van der Waals surface area (Å²) in [5.74, 6) is 1.77. The van der Waals surface area contributed by atoms with Crippen LogP contribution in [0.5, 0.6) is 0 Å². The number of nitrogens with zero attached hydrogens (tertiary/aromatic N) is 3. The molecule has 2 rings (SSSR count). The van der Waals surface area contributed by atoms with E-state index in [-0.39, 0.29) is 12.2 Å². The second kappa shape index (κ2) is 4.28. The van der Waals surface area contributed by atoms with Crippen molar-refractivity contribution >= 4 is 0 Å². The lowest BCUT2D eigenvalue weighted by atomic mass is 10.2. The van der Waals surface area contributed by atoms with Crippen molar-refractivity contribution in [1.82, 2.24) is 14.8 Å². The molecule has 2 heterocycles. The Hall–Kier alpha value is -0.940. The molecule has 1 aromatic rings. The molecule has 0 aliphatic carbocycles. The van der Waals surface area contributed by atoms with Crippen molar-refractivity contribution in [3.8, 4) is 0 Å². The van der Waals surface area contributed by atoms with Gasteiger partial charge in [0.25, 0.3) is 0 Å². The molecule has 1 aromatic heterocycles. The molecule has 1 saturated heterocycles. The van der Waals surface area contributed by atoms with Gasteiger partial charge in [0, 0.05) is 6.54 Å². The highest BCUT2D eigenvalue weighted by Crippen LogP contribution is 2.20. The van der Waals surface area contributed by atoms with E-state index >= 15 is 0 Å². The molecule has 0 amide bonds. The Morgan fingerprint density at radius 3 is 2.67 bits per heavy atom. The van der Waals surface area contributed by atoms with Crippen LogP contribution in [0.25, 0.3) is 0 Å². The normalized spacial score (nSPS) is 26.1. The molecule has 1 fully saturated rings. The van der Waals surface area contributed by atoms with Gasteiger partial charge in [0.15, 0.2) is 0 Å². The fourth-order valence-electron chi connectivity index (χ4n) is 2.01. The predicted molar refractivity (Wildman–Crippen MR) is 56.4 cm³/mol. The van der Waals surface area contributed by atoms with E-state index in [1.165, 1.54) is 0 Å². The number of nitrogens with two attached hydrogens (primary N) is 1. The maximum atomic E-state index is 5.77. The number of aryl methyl sites for hydroxylation is 2. The van der Waals surface area contributed by atoms with Gasteiger partial charge in [-0.15, -0.1) is 0 Å². The molecule has 0 spiro atoms. The molecule has 5 heteroatoms. The van der Waals surface area contributed by atoms with Gasteiger partial charge >= 0.3 is 0 Å². The molecular weight excluding hydrogens is 192 g/mol. The van der Waals surface area contributed by atoms with Gasteiger partial charge in [-0.1, -0.05) is 0 Å². The Morgan fingerprint density at radius 1 is 1.40 bits per heavy atom. The SMILES string of the molecule is Cc1nc(C)n(CC2CCC(CN)O2)n1. The standard InChI is InChI=1S/C10H18N4O/c1-7-12-8(2)14(13-7)6-10-4-3-9(5-11)15-10/h9-10H,3-6,11H2,1-2H3. The van der Waals surface area contributed by atoms with Crippen molar-refractivity contribution < 1.29 is 4.74 Å². The summed E-state index contributed by atoms with van der Waals surface area (Å²) in [6.07, 6.45) is 2.62. The topological polar surface area (TPSA) is 66.0 Å². The van der Waals surface area contributed by atoms with E-state index < -0.39 is 0 Å². The van der Waals surface area contributed by atoms with Crippen molar-refractivity contribution in [1.29, 1.82) is 0 Å². The summed E-state index contributed by atoms with van der Waals surface area (Å²) in [4.78, 5) is 4.26. The highest BCUT2D eigenvalue weighted by atomic mass is 16.5. The van der Waals surface area contributed by atoms with E-state index in [1.807, 2.05) is 18.5 Å². The summed E-state index contributed by atoms with van der Waals surface area (Å²) >= 11 is 0. The van der Waals surface area contributed by atoms with Crippen LogP contribution < -0.4 is 5.73 Å². The van der Waals surface area contributed by atoms with Crippen LogP contribution in [0.1, 0.15) is 24.5 Å². The Morgan fingerprint density at radius 2 is 2.13 bits per heavy atom. The fraction of sp³-hybridized carbons (Fsp3) is 0.800. The van der Waals surface area contributed by atoms with Crippen LogP contribution in [0, 0.1) is 13.8 Å². The van der Waals surface area contributed by atoms with Crippen molar-refractivity contribution in [2.45, 2.75) is 45.4 Å². The van der Waals surface area contributed by atoms with Gasteiger partial charge < -0.3 is 10.5 Å². The van der Waals surface area contributed by atoms with Crippen LogP contribution in [-0.2, 0) is 11.3 Å². The van der Waals surface area contributed by atoms with Crippen molar-refractivity contribution in [2.75, 3.05) is 6.54 Å². The van der Waals surface area contributed by atoms with Crippen LogP contribution in [0.15, 0.2) is 0 Å². The number of aromatic nitrogens is 3. The lowest BCUT2D eigenvalue weighted by molar-refractivity contribution is 0.0381. The first-order valence-electron chi connectivity index (χ1n) is 5.42. The maximum absolute atomic E-state index is 5.77.